The zero-order valence-electron chi connectivity index (χ0n) is 19.4. The molecule has 0 radical (unpaired) electrons. The number of hydrogen-bond acceptors (Lipinski definition) is 5. The van der Waals surface area contributed by atoms with Gasteiger partial charge in [0.1, 0.15) is 12.4 Å². The zero-order valence-corrected chi connectivity index (χ0v) is 20.2. The Labute approximate surface area is 209 Å². The summed E-state index contributed by atoms with van der Waals surface area (Å²) in [7, 11) is 1.57. The molecule has 0 saturated heterocycles. The largest absolute Gasteiger partial charge is 0.493 e. The van der Waals surface area contributed by atoms with Gasteiger partial charge in [-0.1, -0.05) is 60.1 Å². The number of methoxy groups -OCH3 is 1. The summed E-state index contributed by atoms with van der Waals surface area (Å²) in [5, 5.41) is 6.73. The quantitative estimate of drug-likeness (QED) is 0.232. The minimum atomic E-state index is -0.726. The van der Waals surface area contributed by atoms with Gasteiger partial charge in [0.15, 0.2) is 17.6 Å². The Hall–Kier alpha value is -4.03. The van der Waals surface area contributed by atoms with E-state index < -0.39 is 6.10 Å². The molecule has 1 atom stereocenters. The van der Waals surface area contributed by atoms with E-state index in [1.54, 1.807) is 26.2 Å². The predicted octanol–water partition coefficient (Wildman–Crippen LogP) is 6.00. The molecule has 1 amide bonds. The van der Waals surface area contributed by atoms with Crippen LogP contribution in [0.2, 0.25) is 5.02 Å². The number of halogens is 1. The molecule has 178 valence electrons. The van der Waals surface area contributed by atoms with E-state index in [9.17, 15) is 4.79 Å². The number of hydrogen-bond donors (Lipinski definition) is 1. The fraction of sp³-hybridized carbons (Fsp3) is 0.143. The molecule has 4 rings (SSSR count). The van der Waals surface area contributed by atoms with Crippen LogP contribution in [0.1, 0.15) is 18.1 Å². The summed E-state index contributed by atoms with van der Waals surface area (Å²) in [5.74, 6) is 1.44. The number of nitrogens with one attached hydrogen (secondary N) is 1. The van der Waals surface area contributed by atoms with Crippen molar-refractivity contribution in [3.8, 4) is 17.2 Å². The molecule has 0 heterocycles. The highest BCUT2D eigenvalue weighted by Crippen LogP contribution is 2.29. The number of fused-ring (bicyclic) bond motifs is 1. The van der Waals surface area contributed by atoms with Gasteiger partial charge in [-0.05, 0) is 59.8 Å². The van der Waals surface area contributed by atoms with E-state index in [2.05, 4.69) is 10.5 Å². The predicted molar refractivity (Wildman–Crippen MR) is 139 cm³/mol. The Kier molecular flexibility index (Phi) is 7.85. The Balaban J connectivity index is 1.34. The molecule has 0 saturated carbocycles. The van der Waals surface area contributed by atoms with Crippen LogP contribution in [0.25, 0.3) is 10.8 Å². The fourth-order valence-electron chi connectivity index (χ4n) is 3.43. The molecule has 6 nitrogen and oxygen atoms in total. The van der Waals surface area contributed by atoms with Crippen molar-refractivity contribution in [3.05, 3.63) is 101 Å². The smallest absolute Gasteiger partial charge is 0.280 e. The Morgan fingerprint density at radius 1 is 0.971 bits per heavy atom. The first-order valence-corrected chi connectivity index (χ1v) is 11.4. The van der Waals surface area contributed by atoms with Crippen LogP contribution in [0.5, 0.6) is 17.2 Å². The van der Waals surface area contributed by atoms with E-state index in [1.807, 2.05) is 72.8 Å². The number of carbonyl (C=O) groups excluding carboxylic acids is 1. The first kappa shape index (κ1) is 24.1. The lowest BCUT2D eigenvalue weighted by atomic mass is 10.1. The van der Waals surface area contributed by atoms with E-state index in [0.717, 1.165) is 21.9 Å². The second-order valence-corrected chi connectivity index (χ2v) is 8.23. The van der Waals surface area contributed by atoms with E-state index in [0.29, 0.717) is 28.9 Å². The lowest BCUT2D eigenvalue weighted by molar-refractivity contribution is -0.127. The maximum absolute atomic E-state index is 12.5. The van der Waals surface area contributed by atoms with Gasteiger partial charge in [-0.2, -0.15) is 5.10 Å². The van der Waals surface area contributed by atoms with Crippen molar-refractivity contribution in [1.29, 1.82) is 0 Å². The first-order chi connectivity index (χ1) is 17.0. The van der Waals surface area contributed by atoms with Crippen molar-refractivity contribution < 1.29 is 19.0 Å². The van der Waals surface area contributed by atoms with Crippen molar-refractivity contribution >= 4 is 34.5 Å². The number of carbonyl (C=O) groups is 1. The van der Waals surface area contributed by atoms with E-state index in [1.165, 1.54) is 6.21 Å². The first-order valence-electron chi connectivity index (χ1n) is 11.1. The summed E-state index contributed by atoms with van der Waals surface area (Å²) < 4.78 is 17.2. The van der Waals surface area contributed by atoms with Gasteiger partial charge in [0, 0.05) is 10.4 Å². The van der Waals surface area contributed by atoms with Crippen molar-refractivity contribution in [2.24, 2.45) is 5.10 Å². The summed E-state index contributed by atoms with van der Waals surface area (Å²) in [6.07, 6.45) is 0.810. The van der Waals surface area contributed by atoms with E-state index in [-0.39, 0.29) is 5.91 Å². The zero-order chi connectivity index (χ0) is 24.6. The second-order valence-electron chi connectivity index (χ2n) is 7.80. The van der Waals surface area contributed by atoms with Crippen LogP contribution in [-0.2, 0) is 11.4 Å². The molecule has 4 aromatic rings. The van der Waals surface area contributed by atoms with Crippen LogP contribution in [-0.4, -0.2) is 25.3 Å². The third-order valence-corrected chi connectivity index (χ3v) is 5.56. The maximum Gasteiger partial charge on any atom is 0.280 e. The monoisotopic (exact) mass is 488 g/mol. The number of benzene rings is 4. The van der Waals surface area contributed by atoms with Crippen molar-refractivity contribution in [2.45, 2.75) is 19.6 Å². The molecule has 0 aliphatic carbocycles. The van der Waals surface area contributed by atoms with Crippen LogP contribution in [0, 0.1) is 0 Å². The van der Waals surface area contributed by atoms with Gasteiger partial charge in [0.05, 0.1) is 13.3 Å². The highest BCUT2D eigenvalue weighted by Gasteiger charge is 2.15. The number of nitrogens with zero attached hydrogens (tertiary/aromatic N) is 1. The highest BCUT2D eigenvalue weighted by molar-refractivity contribution is 6.30. The van der Waals surface area contributed by atoms with Crippen molar-refractivity contribution in [2.75, 3.05) is 7.11 Å². The van der Waals surface area contributed by atoms with Crippen LogP contribution < -0.4 is 19.6 Å². The van der Waals surface area contributed by atoms with Gasteiger partial charge in [-0.3, -0.25) is 4.79 Å². The summed E-state index contributed by atoms with van der Waals surface area (Å²) in [5.41, 5.74) is 4.26. The van der Waals surface area contributed by atoms with E-state index >= 15 is 0 Å². The van der Waals surface area contributed by atoms with Gasteiger partial charge < -0.3 is 14.2 Å². The Morgan fingerprint density at radius 3 is 2.54 bits per heavy atom. The second kappa shape index (κ2) is 11.4. The molecule has 0 aromatic heterocycles. The lowest BCUT2D eigenvalue weighted by Crippen LogP contribution is -2.33. The standard InChI is InChI=1S/C28H25ClN2O4/c1-19(35-25-9-5-7-22-6-3-4-8-24(22)25)28(32)31-30-17-21-12-15-26(27(16-21)33-2)34-18-20-10-13-23(29)14-11-20/h3-17,19H,18H2,1-2H3,(H,31,32)/b30-17+. The molecular weight excluding hydrogens is 464 g/mol. The molecule has 35 heavy (non-hydrogen) atoms. The third kappa shape index (κ3) is 6.31. The molecule has 7 heteroatoms. The topological polar surface area (TPSA) is 69.2 Å². The van der Waals surface area contributed by atoms with Gasteiger partial charge in [-0.15, -0.1) is 0 Å². The summed E-state index contributed by atoms with van der Waals surface area (Å²) >= 11 is 5.92. The van der Waals surface area contributed by atoms with Gasteiger partial charge in [-0.25, -0.2) is 5.43 Å². The van der Waals surface area contributed by atoms with Crippen LogP contribution in [0.3, 0.4) is 0 Å². The van der Waals surface area contributed by atoms with Crippen molar-refractivity contribution in [1.82, 2.24) is 5.43 Å². The van der Waals surface area contributed by atoms with Crippen LogP contribution >= 0.6 is 11.6 Å². The molecule has 0 aliphatic rings. The normalized spacial score (nSPS) is 11.9. The Morgan fingerprint density at radius 2 is 1.74 bits per heavy atom. The van der Waals surface area contributed by atoms with E-state index in [4.69, 9.17) is 25.8 Å². The lowest BCUT2D eigenvalue weighted by Gasteiger charge is -2.14. The molecular formula is C28H25ClN2O4. The Bertz CT molecular complexity index is 1330. The minimum absolute atomic E-state index is 0.357. The van der Waals surface area contributed by atoms with Crippen molar-refractivity contribution in [3.63, 3.8) is 0 Å². The third-order valence-electron chi connectivity index (χ3n) is 5.31. The van der Waals surface area contributed by atoms with Crippen LogP contribution in [0.15, 0.2) is 90.0 Å². The SMILES string of the molecule is COc1cc(/C=N/NC(=O)C(C)Oc2cccc3ccccc23)ccc1OCc1ccc(Cl)cc1. The van der Waals surface area contributed by atoms with Gasteiger partial charge >= 0.3 is 0 Å². The molecule has 0 aliphatic heterocycles. The minimum Gasteiger partial charge on any atom is -0.493 e. The van der Waals surface area contributed by atoms with Crippen LogP contribution in [0.4, 0.5) is 0 Å². The molecule has 4 aromatic carbocycles. The summed E-state index contributed by atoms with van der Waals surface area (Å²) in [6.45, 7) is 2.06. The molecule has 1 unspecified atom stereocenters. The van der Waals surface area contributed by atoms with Gasteiger partial charge in [0.2, 0.25) is 0 Å². The maximum atomic E-state index is 12.5. The molecule has 0 fully saturated rings. The molecule has 1 N–H and O–H groups in total. The number of amides is 1. The average Bonchev–Trinajstić information content (AvgIpc) is 2.88. The number of ether oxygens (including phenoxy) is 3. The summed E-state index contributed by atoms with van der Waals surface area (Å²) in [6, 6.07) is 26.5. The van der Waals surface area contributed by atoms with Gasteiger partial charge in [0.25, 0.3) is 5.91 Å². The summed E-state index contributed by atoms with van der Waals surface area (Å²) in [4.78, 5) is 12.5. The average molecular weight is 489 g/mol. The molecule has 0 spiro atoms. The number of rotatable bonds is 9. The highest BCUT2D eigenvalue weighted by atomic mass is 35.5. The number of hydrazone groups is 1. The fourth-order valence-corrected chi connectivity index (χ4v) is 3.56. The molecule has 0 bridgehead atoms.